The fourth-order valence-corrected chi connectivity index (χ4v) is 2.75. The SMILES string of the molecule is Cc1ccc(COc2ccc(CCCC3CNC3)cc2)cc1.O=S=O. The number of nitrogens with one attached hydrogen (secondary N) is 1. The summed E-state index contributed by atoms with van der Waals surface area (Å²) in [7, 11) is 0. The lowest BCUT2D eigenvalue weighted by molar-refractivity contribution is 0.306. The summed E-state index contributed by atoms with van der Waals surface area (Å²) in [5.74, 6) is 1.87. The zero-order valence-electron chi connectivity index (χ0n) is 14.6. The largest absolute Gasteiger partial charge is 0.489 e. The number of benzene rings is 2. The number of ether oxygens (including phenoxy) is 1. The second-order valence-electron chi connectivity index (χ2n) is 6.40. The first-order chi connectivity index (χ1) is 12.2. The first kappa shape index (κ1) is 19.3. The Balaban J connectivity index is 0.000000701. The van der Waals surface area contributed by atoms with Gasteiger partial charge >= 0.3 is 11.6 Å². The third-order valence-electron chi connectivity index (χ3n) is 4.39. The van der Waals surface area contributed by atoms with Crippen LogP contribution in [0.15, 0.2) is 48.5 Å². The Kier molecular flexibility index (Phi) is 8.35. The van der Waals surface area contributed by atoms with Crippen LogP contribution in [0.5, 0.6) is 5.75 Å². The number of hydrogen-bond acceptors (Lipinski definition) is 4. The summed E-state index contributed by atoms with van der Waals surface area (Å²) in [5, 5.41) is 3.33. The van der Waals surface area contributed by atoms with E-state index >= 15 is 0 Å². The van der Waals surface area contributed by atoms with Crippen LogP contribution < -0.4 is 10.1 Å². The fraction of sp³-hybridized carbons (Fsp3) is 0.400. The zero-order valence-corrected chi connectivity index (χ0v) is 15.4. The Hall–Kier alpha value is -1.98. The van der Waals surface area contributed by atoms with E-state index in [2.05, 4.69) is 60.8 Å². The highest BCUT2D eigenvalue weighted by Gasteiger charge is 2.15. The van der Waals surface area contributed by atoms with Crippen LogP contribution in [0.3, 0.4) is 0 Å². The van der Waals surface area contributed by atoms with Gasteiger partial charge in [0.1, 0.15) is 12.4 Å². The molecule has 0 unspecified atom stereocenters. The average molecular weight is 359 g/mol. The summed E-state index contributed by atoms with van der Waals surface area (Å²) in [6.45, 7) is 5.16. The quantitative estimate of drug-likeness (QED) is 0.823. The van der Waals surface area contributed by atoms with Gasteiger partial charge in [-0.3, -0.25) is 0 Å². The molecule has 1 saturated heterocycles. The van der Waals surface area contributed by atoms with Crippen molar-refractivity contribution in [3.05, 3.63) is 65.2 Å². The third-order valence-corrected chi connectivity index (χ3v) is 4.39. The predicted octanol–water partition coefficient (Wildman–Crippen LogP) is 3.45. The molecule has 0 spiro atoms. The van der Waals surface area contributed by atoms with E-state index in [1.54, 1.807) is 0 Å². The molecule has 1 aliphatic rings. The molecule has 0 atom stereocenters. The van der Waals surface area contributed by atoms with Crippen molar-refractivity contribution < 1.29 is 13.2 Å². The molecule has 1 heterocycles. The monoisotopic (exact) mass is 359 g/mol. The van der Waals surface area contributed by atoms with Crippen molar-refractivity contribution in [2.24, 2.45) is 5.92 Å². The molecule has 1 aliphatic heterocycles. The van der Waals surface area contributed by atoms with E-state index < -0.39 is 11.6 Å². The number of aryl methyl sites for hydroxylation is 2. The van der Waals surface area contributed by atoms with Crippen molar-refractivity contribution >= 4 is 11.6 Å². The highest BCUT2D eigenvalue weighted by Crippen LogP contribution is 2.18. The van der Waals surface area contributed by atoms with Gasteiger partial charge < -0.3 is 10.1 Å². The van der Waals surface area contributed by atoms with E-state index in [-0.39, 0.29) is 0 Å². The van der Waals surface area contributed by atoms with Crippen LogP contribution in [0.1, 0.15) is 29.5 Å². The lowest BCUT2D eigenvalue weighted by atomic mass is 9.95. The van der Waals surface area contributed by atoms with Gasteiger partial charge in [0, 0.05) is 0 Å². The second-order valence-corrected chi connectivity index (χ2v) is 6.54. The molecule has 3 rings (SSSR count). The molecule has 0 aliphatic carbocycles. The maximum Gasteiger partial charge on any atom is 0.335 e. The molecule has 4 nitrogen and oxygen atoms in total. The molecule has 5 heteroatoms. The minimum Gasteiger partial charge on any atom is -0.489 e. The van der Waals surface area contributed by atoms with Crippen LogP contribution in [0, 0.1) is 12.8 Å². The summed E-state index contributed by atoms with van der Waals surface area (Å²) < 4.78 is 22.4. The second kappa shape index (κ2) is 10.8. The maximum absolute atomic E-state index is 8.29. The van der Waals surface area contributed by atoms with Gasteiger partial charge in [-0.25, -0.2) is 0 Å². The highest BCUT2D eigenvalue weighted by atomic mass is 32.1. The normalized spacial score (nSPS) is 13.3. The molecule has 25 heavy (non-hydrogen) atoms. The van der Waals surface area contributed by atoms with Crippen molar-refractivity contribution in [3.8, 4) is 5.75 Å². The topological polar surface area (TPSA) is 55.4 Å². The van der Waals surface area contributed by atoms with Crippen LogP contribution >= 0.6 is 0 Å². The van der Waals surface area contributed by atoms with E-state index in [0.29, 0.717) is 6.61 Å². The van der Waals surface area contributed by atoms with Gasteiger partial charge in [-0.2, -0.15) is 8.42 Å². The van der Waals surface area contributed by atoms with Crippen LogP contribution in [-0.4, -0.2) is 21.5 Å². The van der Waals surface area contributed by atoms with E-state index in [9.17, 15) is 0 Å². The molecule has 0 bridgehead atoms. The minimum absolute atomic E-state index is 0.633. The Morgan fingerprint density at radius 1 is 1.00 bits per heavy atom. The number of hydrogen-bond donors (Lipinski definition) is 1. The Morgan fingerprint density at radius 2 is 1.60 bits per heavy atom. The molecule has 2 aromatic carbocycles. The Labute approximate surface area is 153 Å². The molecule has 2 aromatic rings. The van der Waals surface area contributed by atoms with E-state index in [0.717, 1.165) is 11.7 Å². The van der Waals surface area contributed by atoms with E-state index in [4.69, 9.17) is 13.2 Å². The zero-order chi connectivity index (χ0) is 17.9. The van der Waals surface area contributed by atoms with Crippen molar-refractivity contribution in [3.63, 3.8) is 0 Å². The lowest BCUT2D eigenvalue weighted by Crippen LogP contribution is -2.41. The van der Waals surface area contributed by atoms with Crippen molar-refractivity contribution in [2.75, 3.05) is 13.1 Å². The Morgan fingerprint density at radius 3 is 2.16 bits per heavy atom. The summed E-state index contributed by atoms with van der Waals surface area (Å²) in [6, 6.07) is 17.1. The van der Waals surface area contributed by atoms with Gasteiger partial charge in [-0.1, -0.05) is 42.0 Å². The first-order valence-electron chi connectivity index (χ1n) is 8.61. The van der Waals surface area contributed by atoms with Gasteiger partial charge in [0.2, 0.25) is 0 Å². The molecule has 0 saturated carbocycles. The average Bonchev–Trinajstić information content (AvgIpc) is 2.58. The van der Waals surface area contributed by atoms with Gasteiger partial charge in [-0.15, -0.1) is 0 Å². The fourth-order valence-electron chi connectivity index (χ4n) is 2.75. The van der Waals surface area contributed by atoms with Gasteiger partial charge in [-0.05, 0) is 68.5 Å². The van der Waals surface area contributed by atoms with Crippen LogP contribution in [0.25, 0.3) is 0 Å². The van der Waals surface area contributed by atoms with Gasteiger partial charge in [0.15, 0.2) is 0 Å². The molecule has 0 amide bonds. The first-order valence-corrected chi connectivity index (χ1v) is 9.27. The molecule has 0 aromatic heterocycles. The smallest absolute Gasteiger partial charge is 0.335 e. The van der Waals surface area contributed by atoms with E-state index in [1.165, 1.54) is 49.0 Å². The van der Waals surface area contributed by atoms with Crippen molar-refractivity contribution in [2.45, 2.75) is 32.8 Å². The predicted molar refractivity (Wildman–Crippen MR) is 100 cm³/mol. The van der Waals surface area contributed by atoms with Crippen molar-refractivity contribution in [1.82, 2.24) is 5.32 Å². The van der Waals surface area contributed by atoms with Crippen LogP contribution in [0.4, 0.5) is 0 Å². The molecular formula is C20H25NO3S. The summed E-state index contributed by atoms with van der Waals surface area (Å²) in [4.78, 5) is 0. The van der Waals surface area contributed by atoms with Gasteiger partial charge in [0.05, 0.1) is 0 Å². The molecule has 0 radical (unpaired) electrons. The molecule has 1 N–H and O–H groups in total. The van der Waals surface area contributed by atoms with Gasteiger partial charge in [0.25, 0.3) is 0 Å². The summed E-state index contributed by atoms with van der Waals surface area (Å²) in [5.41, 5.74) is 3.91. The minimum atomic E-state index is -0.750. The molecular weight excluding hydrogens is 334 g/mol. The summed E-state index contributed by atoms with van der Waals surface area (Å²) in [6.07, 6.45) is 3.81. The highest BCUT2D eigenvalue weighted by molar-refractivity contribution is 7.51. The molecule has 1 fully saturated rings. The van der Waals surface area contributed by atoms with Crippen molar-refractivity contribution in [1.29, 1.82) is 0 Å². The van der Waals surface area contributed by atoms with Crippen LogP contribution in [0.2, 0.25) is 0 Å². The maximum atomic E-state index is 8.29. The molecule has 134 valence electrons. The lowest BCUT2D eigenvalue weighted by Gasteiger charge is -2.26. The standard InChI is InChI=1S/C20H25NO.O2S/c1-16-5-7-18(8-6-16)15-22-20-11-9-17(10-12-20)3-2-4-19-13-21-14-19;1-3-2/h5-12,19,21H,2-4,13-15H2,1H3;. The Bertz CT molecular complexity index is 660. The third kappa shape index (κ3) is 7.20. The van der Waals surface area contributed by atoms with Crippen LogP contribution in [-0.2, 0) is 24.6 Å². The van der Waals surface area contributed by atoms with E-state index in [1.807, 2.05) is 0 Å². The number of rotatable bonds is 7. The summed E-state index contributed by atoms with van der Waals surface area (Å²) >= 11 is -0.750.